The Kier molecular flexibility index (Phi) is 4.58. The number of rotatable bonds is 3. The molecule has 0 saturated heterocycles. The molecule has 0 unspecified atom stereocenters. The molecule has 4 aromatic rings. The van der Waals surface area contributed by atoms with E-state index in [1.807, 2.05) is 0 Å². The van der Waals surface area contributed by atoms with Gasteiger partial charge in [0.25, 0.3) is 5.69 Å². The molecule has 0 fully saturated rings. The third kappa shape index (κ3) is 3.04. The molecule has 5 rings (SSSR count). The summed E-state index contributed by atoms with van der Waals surface area (Å²) < 4.78 is 9.01. The summed E-state index contributed by atoms with van der Waals surface area (Å²) in [4.78, 5) is 0. The maximum absolute atomic E-state index is 6.67. The first-order chi connectivity index (χ1) is 14.8. The summed E-state index contributed by atoms with van der Waals surface area (Å²) in [5.41, 5.74) is 9.14. The molecule has 3 aromatic carbocycles. The zero-order chi connectivity index (χ0) is 22.0. The molecule has 0 amide bonds. The van der Waals surface area contributed by atoms with E-state index in [9.17, 15) is 0 Å². The summed E-state index contributed by atoms with van der Waals surface area (Å²) in [6.45, 7) is 13.6. The average molecular weight is 411 g/mol. The number of hydrogen-bond donors (Lipinski definition) is 0. The van der Waals surface area contributed by atoms with Crippen molar-refractivity contribution in [2.75, 3.05) is 0 Å². The van der Waals surface area contributed by atoms with Gasteiger partial charge in [-0.05, 0) is 65.8 Å². The lowest BCUT2D eigenvalue weighted by atomic mass is 9.88. The van der Waals surface area contributed by atoms with Crippen LogP contribution in [0.25, 0.3) is 32.9 Å². The Labute approximate surface area is 185 Å². The van der Waals surface area contributed by atoms with Crippen LogP contribution in [-0.4, -0.2) is 0 Å². The summed E-state index contributed by atoms with van der Waals surface area (Å²) >= 11 is 0. The molecule has 0 N–H and O–H groups in total. The molecule has 2 heteroatoms. The first-order valence-corrected chi connectivity index (χ1v) is 11.5. The molecule has 0 spiro atoms. The third-order valence-electron chi connectivity index (χ3n) is 6.83. The van der Waals surface area contributed by atoms with Gasteiger partial charge in [0.1, 0.15) is 12.8 Å². The Balaban J connectivity index is 1.89. The Morgan fingerprint density at radius 3 is 2.42 bits per heavy atom. The number of fused-ring (bicyclic) bond motifs is 3. The van der Waals surface area contributed by atoms with Crippen molar-refractivity contribution < 1.29 is 9.30 Å². The van der Waals surface area contributed by atoms with Gasteiger partial charge in [-0.2, -0.15) is 4.57 Å². The van der Waals surface area contributed by atoms with Gasteiger partial charge in [0.15, 0.2) is 5.75 Å². The first-order valence-electron chi connectivity index (χ1n) is 11.5. The predicted molar refractivity (Wildman–Crippen MR) is 130 cm³/mol. The average Bonchev–Trinajstić information content (AvgIpc) is 2.70. The van der Waals surface area contributed by atoms with E-state index in [1.165, 1.54) is 55.2 Å². The number of ether oxygens (including phenoxy) is 1. The second-order valence-corrected chi connectivity index (χ2v) is 9.94. The van der Waals surface area contributed by atoms with E-state index < -0.39 is 0 Å². The highest BCUT2D eigenvalue weighted by Crippen LogP contribution is 2.49. The third-order valence-corrected chi connectivity index (χ3v) is 6.83. The van der Waals surface area contributed by atoms with Crippen molar-refractivity contribution >= 4 is 21.7 Å². The SMILES string of the molecule is Cc1cc2cc(CC(C)C)cc3c2c(c1C)-c1c(cc2c(C(C)C)cccc2[n+]1C)O3. The van der Waals surface area contributed by atoms with E-state index in [0.717, 1.165) is 17.9 Å². The van der Waals surface area contributed by atoms with Crippen LogP contribution in [0, 0.1) is 19.8 Å². The summed E-state index contributed by atoms with van der Waals surface area (Å²) in [6, 6.07) is 15.9. The van der Waals surface area contributed by atoms with Crippen LogP contribution >= 0.6 is 0 Å². The van der Waals surface area contributed by atoms with Gasteiger partial charge < -0.3 is 4.74 Å². The molecule has 0 radical (unpaired) electrons. The second-order valence-electron chi connectivity index (χ2n) is 9.94. The monoisotopic (exact) mass is 410 g/mol. The van der Waals surface area contributed by atoms with Crippen LogP contribution in [0.3, 0.4) is 0 Å². The zero-order valence-corrected chi connectivity index (χ0v) is 19.8. The molecule has 1 aliphatic rings. The number of pyridine rings is 1. The van der Waals surface area contributed by atoms with Gasteiger partial charge in [0.2, 0.25) is 5.52 Å². The molecule has 0 bridgehead atoms. The Morgan fingerprint density at radius 2 is 1.71 bits per heavy atom. The van der Waals surface area contributed by atoms with Crippen molar-refractivity contribution in [1.82, 2.24) is 0 Å². The van der Waals surface area contributed by atoms with Crippen LogP contribution in [0.5, 0.6) is 11.5 Å². The number of nitrogens with zero attached hydrogens (tertiary/aromatic N) is 1. The van der Waals surface area contributed by atoms with E-state index in [4.69, 9.17) is 4.74 Å². The normalized spacial score (nSPS) is 12.7. The van der Waals surface area contributed by atoms with Crippen LogP contribution in [-0.2, 0) is 13.5 Å². The highest BCUT2D eigenvalue weighted by Gasteiger charge is 2.32. The van der Waals surface area contributed by atoms with E-state index in [1.54, 1.807) is 0 Å². The van der Waals surface area contributed by atoms with Crippen LogP contribution in [0.2, 0.25) is 0 Å². The molecular formula is C29H32NO+. The maximum Gasteiger partial charge on any atom is 0.256 e. The summed E-state index contributed by atoms with van der Waals surface area (Å²) in [5, 5.41) is 3.81. The summed E-state index contributed by atoms with van der Waals surface area (Å²) in [6.07, 6.45) is 1.06. The number of aryl methyl sites for hydroxylation is 2. The minimum atomic E-state index is 0.461. The summed E-state index contributed by atoms with van der Waals surface area (Å²) in [7, 11) is 2.18. The smallest absolute Gasteiger partial charge is 0.256 e. The van der Waals surface area contributed by atoms with E-state index in [0.29, 0.717) is 11.8 Å². The first kappa shape index (κ1) is 20.1. The lowest BCUT2D eigenvalue weighted by Crippen LogP contribution is -2.34. The highest BCUT2D eigenvalue weighted by molar-refractivity contribution is 6.05. The molecule has 1 aliphatic heterocycles. The van der Waals surface area contributed by atoms with Gasteiger partial charge in [0, 0.05) is 17.5 Å². The highest BCUT2D eigenvalue weighted by atomic mass is 16.5. The van der Waals surface area contributed by atoms with Gasteiger partial charge >= 0.3 is 0 Å². The second kappa shape index (κ2) is 7.09. The zero-order valence-electron chi connectivity index (χ0n) is 19.8. The van der Waals surface area contributed by atoms with Gasteiger partial charge in [-0.25, -0.2) is 0 Å². The molecule has 2 heterocycles. The van der Waals surface area contributed by atoms with Crippen LogP contribution in [0.15, 0.2) is 42.5 Å². The van der Waals surface area contributed by atoms with Crippen molar-refractivity contribution in [1.29, 1.82) is 0 Å². The number of benzene rings is 3. The summed E-state index contributed by atoms with van der Waals surface area (Å²) in [5.74, 6) is 3.04. The van der Waals surface area contributed by atoms with Crippen molar-refractivity contribution in [3.8, 4) is 22.8 Å². The minimum Gasteiger partial charge on any atom is -0.450 e. The van der Waals surface area contributed by atoms with E-state index in [-0.39, 0.29) is 0 Å². The lowest BCUT2D eigenvalue weighted by molar-refractivity contribution is -0.633. The Hall–Kier alpha value is -2.87. The quantitative estimate of drug-likeness (QED) is 0.280. The van der Waals surface area contributed by atoms with Crippen LogP contribution < -0.4 is 9.30 Å². The fourth-order valence-electron chi connectivity index (χ4n) is 5.27. The minimum absolute atomic E-state index is 0.461. The molecule has 0 saturated carbocycles. The van der Waals surface area contributed by atoms with E-state index >= 15 is 0 Å². The molecular weight excluding hydrogens is 378 g/mol. The molecule has 158 valence electrons. The van der Waals surface area contributed by atoms with Gasteiger partial charge in [-0.3, -0.25) is 0 Å². The molecule has 0 atom stereocenters. The van der Waals surface area contributed by atoms with Crippen molar-refractivity contribution in [2.24, 2.45) is 13.0 Å². The molecule has 1 aromatic heterocycles. The van der Waals surface area contributed by atoms with Crippen molar-refractivity contribution in [3.05, 3.63) is 64.7 Å². The fraction of sp³-hybridized carbons (Fsp3) is 0.345. The standard InChI is InChI=1S/C29H32NO/c1-16(2)11-20-13-21-12-18(5)19(6)27-28(21)25(14-20)31-26-15-23-22(17(3)4)9-8-10-24(23)30(7)29(26)27/h8-10,12-17H,11H2,1-7H3/q+1. The Morgan fingerprint density at radius 1 is 0.935 bits per heavy atom. The van der Waals surface area contributed by atoms with Crippen LogP contribution in [0.1, 0.15) is 55.9 Å². The molecule has 31 heavy (non-hydrogen) atoms. The van der Waals surface area contributed by atoms with E-state index in [2.05, 4.69) is 95.6 Å². The lowest BCUT2D eigenvalue weighted by Gasteiger charge is -2.24. The van der Waals surface area contributed by atoms with Gasteiger partial charge in [-0.15, -0.1) is 0 Å². The number of hydrogen-bond acceptors (Lipinski definition) is 1. The van der Waals surface area contributed by atoms with Crippen molar-refractivity contribution in [2.45, 2.75) is 53.9 Å². The molecule has 0 aliphatic carbocycles. The maximum atomic E-state index is 6.67. The Bertz CT molecular complexity index is 1360. The van der Waals surface area contributed by atoms with Crippen LogP contribution in [0.4, 0.5) is 0 Å². The number of aromatic nitrogens is 1. The van der Waals surface area contributed by atoms with Gasteiger partial charge in [0.05, 0.1) is 10.9 Å². The topological polar surface area (TPSA) is 13.1 Å². The molecule has 2 nitrogen and oxygen atoms in total. The largest absolute Gasteiger partial charge is 0.450 e. The van der Waals surface area contributed by atoms with Crippen molar-refractivity contribution in [3.63, 3.8) is 0 Å². The fourth-order valence-corrected chi connectivity index (χ4v) is 5.27. The predicted octanol–water partition coefficient (Wildman–Crippen LogP) is 7.53. The van der Waals surface area contributed by atoms with Gasteiger partial charge in [-0.1, -0.05) is 52.0 Å².